The number of imidazole rings is 1. The fourth-order valence-corrected chi connectivity index (χ4v) is 3.47. The summed E-state index contributed by atoms with van der Waals surface area (Å²) in [6.45, 7) is 7.84. The van der Waals surface area contributed by atoms with Gasteiger partial charge in [-0.15, -0.1) is 0 Å². The van der Waals surface area contributed by atoms with Crippen LogP contribution in [0.25, 0.3) is 33.3 Å². The molecule has 0 amide bonds. The molecule has 2 aromatic heterocycles. The normalized spacial score (nSPS) is 11.0. The summed E-state index contributed by atoms with van der Waals surface area (Å²) in [5.41, 5.74) is 8.46. The van der Waals surface area contributed by atoms with E-state index in [0.29, 0.717) is 5.56 Å². The van der Waals surface area contributed by atoms with Crippen LogP contribution in [0.2, 0.25) is 0 Å². The van der Waals surface area contributed by atoms with E-state index in [2.05, 4.69) is 33.3 Å². The molecule has 1 N–H and O–H groups in total. The third kappa shape index (κ3) is 2.47. The molecule has 0 aliphatic rings. The van der Waals surface area contributed by atoms with Gasteiger partial charge >= 0.3 is 0 Å². The standard InChI is InChI=1S/C21H18N4O/c1-11-5-6-15(10-22)7-17(11)18-8-16(20-12(2)25-26-13(20)3)9-19-21(18)24-14(4)23-19/h5-9H,1-4H3,(H,23,24). The number of nitrogens with zero attached hydrogens (tertiary/aromatic N) is 3. The highest BCUT2D eigenvalue weighted by Crippen LogP contribution is 2.37. The molecule has 2 heterocycles. The molecule has 0 atom stereocenters. The third-order valence-electron chi connectivity index (χ3n) is 4.68. The Bertz CT molecular complexity index is 1170. The first-order chi connectivity index (χ1) is 12.5. The van der Waals surface area contributed by atoms with Gasteiger partial charge in [0.05, 0.1) is 28.4 Å². The quantitative estimate of drug-likeness (QED) is 0.556. The van der Waals surface area contributed by atoms with Crippen LogP contribution in [0.1, 0.15) is 28.4 Å². The topological polar surface area (TPSA) is 78.5 Å². The first-order valence-electron chi connectivity index (χ1n) is 8.42. The van der Waals surface area contributed by atoms with E-state index in [-0.39, 0.29) is 0 Å². The number of nitriles is 1. The molecule has 2 aromatic carbocycles. The zero-order chi connectivity index (χ0) is 18.4. The Morgan fingerprint density at radius 3 is 2.54 bits per heavy atom. The lowest BCUT2D eigenvalue weighted by Crippen LogP contribution is -1.90. The van der Waals surface area contributed by atoms with Crippen LogP contribution in [0.3, 0.4) is 0 Å². The largest absolute Gasteiger partial charge is 0.361 e. The first kappa shape index (κ1) is 16.1. The van der Waals surface area contributed by atoms with Crippen molar-refractivity contribution in [3.8, 4) is 28.3 Å². The van der Waals surface area contributed by atoms with Gasteiger partial charge in [-0.05, 0) is 68.7 Å². The first-order valence-corrected chi connectivity index (χ1v) is 8.42. The van der Waals surface area contributed by atoms with Gasteiger partial charge in [0.1, 0.15) is 11.6 Å². The fraction of sp³-hybridized carbons (Fsp3) is 0.190. The maximum Gasteiger partial charge on any atom is 0.141 e. The highest BCUT2D eigenvalue weighted by molar-refractivity contribution is 5.97. The van der Waals surface area contributed by atoms with E-state index in [9.17, 15) is 5.26 Å². The molecule has 0 aliphatic carbocycles. The van der Waals surface area contributed by atoms with Crippen molar-refractivity contribution in [3.05, 3.63) is 58.7 Å². The monoisotopic (exact) mass is 342 g/mol. The number of aromatic amines is 1. The summed E-state index contributed by atoms with van der Waals surface area (Å²) in [5.74, 6) is 1.64. The number of aromatic nitrogens is 3. The van der Waals surface area contributed by atoms with Crippen molar-refractivity contribution in [3.63, 3.8) is 0 Å². The molecule has 0 fully saturated rings. The number of rotatable bonds is 2. The third-order valence-corrected chi connectivity index (χ3v) is 4.68. The number of H-pyrrole nitrogens is 1. The molecule has 0 saturated carbocycles. The molecule has 128 valence electrons. The highest BCUT2D eigenvalue weighted by atomic mass is 16.5. The van der Waals surface area contributed by atoms with Crippen LogP contribution in [0, 0.1) is 39.0 Å². The van der Waals surface area contributed by atoms with E-state index < -0.39 is 0 Å². The van der Waals surface area contributed by atoms with Gasteiger partial charge in [0.2, 0.25) is 0 Å². The predicted octanol–water partition coefficient (Wildman–Crippen LogP) is 4.99. The van der Waals surface area contributed by atoms with E-state index in [4.69, 9.17) is 4.52 Å². The Kier molecular flexibility index (Phi) is 3.62. The molecule has 4 aromatic rings. The molecule has 0 aliphatic heterocycles. The summed E-state index contributed by atoms with van der Waals surface area (Å²) < 4.78 is 5.35. The van der Waals surface area contributed by atoms with Crippen LogP contribution in [0.4, 0.5) is 0 Å². The molecule has 4 rings (SSSR count). The van der Waals surface area contributed by atoms with Gasteiger partial charge in [-0.3, -0.25) is 0 Å². The molecule has 0 bridgehead atoms. The van der Waals surface area contributed by atoms with Crippen LogP contribution in [-0.2, 0) is 0 Å². The molecule has 0 saturated heterocycles. The van der Waals surface area contributed by atoms with Gasteiger partial charge in [-0.1, -0.05) is 11.2 Å². The van der Waals surface area contributed by atoms with Crippen molar-refractivity contribution < 1.29 is 4.52 Å². The van der Waals surface area contributed by atoms with Gasteiger partial charge in [-0.2, -0.15) is 5.26 Å². The Labute approximate surface area is 151 Å². The van der Waals surface area contributed by atoms with Crippen LogP contribution in [0.15, 0.2) is 34.9 Å². The second kappa shape index (κ2) is 5.85. The summed E-state index contributed by atoms with van der Waals surface area (Å²) in [5, 5.41) is 13.4. The number of fused-ring (bicyclic) bond motifs is 1. The number of benzene rings is 2. The molecule has 0 unspecified atom stereocenters. The summed E-state index contributed by atoms with van der Waals surface area (Å²) >= 11 is 0. The smallest absolute Gasteiger partial charge is 0.141 e. The van der Waals surface area contributed by atoms with Gasteiger partial charge in [0.25, 0.3) is 0 Å². The predicted molar refractivity (Wildman–Crippen MR) is 101 cm³/mol. The Morgan fingerprint density at radius 2 is 1.85 bits per heavy atom. The molecule has 0 spiro atoms. The van der Waals surface area contributed by atoms with E-state index >= 15 is 0 Å². The van der Waals surface area contributed by atoms with Crippen LogP contribution in [0.5, 0.6) is 0 Å². The van der Waals surface area contributed by atoms with Crippen molar-refractivity contribution in [2.45, 2.75) is 27.7 Å². The van der Waals surface area contributed by atoms with Gasteiger partial charge in [0, 0.05) is 11.1 Å². The second-order valence-electron chi connectivity index (χ2n) is 6.58. The molecule has 26 heavy (non-hydrogen) atoms. The van der Waals surface area contributed by atoms with Crippen molar-refractivity contribution in [2.75, 3.05) is 0 Å². The summed E-state index contributed by atoms with van der Waals surface area (Å²) in [7, 11) is 0. The second-order valence-corrected chi connectivity index (χ2v) is 6.58. The number of hydrogen-bond donors (Lipinski definition) is 1. The van der Waals surface area contributed by atoms with E-state index in [1.54, 1.807) is 0 Å². The van der Waals surface area contributed by atoms with Crippen molar-refractivity contribution >= 4 is 11.0 Å². The van der Waals surface area contributed by atoms with Crippen molar-refractivity contribution in [1.29, 1.82) is 5.26 Å². The van der Waals surface area contributed by atoms with E-state index in [1.165, 1.54) is 0 Å². The Hall–Kier alpha value is -3.39. The van der Waals surface area contributed by atoms with E-state index in [0.717, 1.165) is 56.1 Å². The molecular formula is C21H18N4O. The van der Waals surface area contributed by atoms with Crippen LogP contribution < -0.4 is 0 Å². The van der Waals surface area contributed by atoms with Crippen molar-refractivity contribution in [2.24, 2.45) is 0 Å². The number of hydrogen-bond acceptors (Lipinski definition) is 4. The molecular weight excluding hydrogens is 324 g/mol. The number of nitrogens with one attached hydrogen (secondary N) is 1. The minimum Gasteiger partial charge on any atom is -0.361 e. The van der Waals surface area contributed by atoms with Crippen LogP contribution in [-0.4, -0.2) is 15.1 Å². The summed E-state index contributed by atoms with van der Waals surface area (Å²) in [6, 6.07) is 12.1. The molecule has 0 radical (unpaired) electrons. The maximum atomic E-state index is 9.30. The van der Waals surface area contributed by atoms with Gasteiger partial charge in [-0.25, -0.2) is 4.98 Å². The maximum absolute atomic E-state index is 9.30. The summed E-state index contributed by atoms with van der Waals surface area (Å²) in [4.78, 5) is 8.01. The minimum atomic E-state index is 0.633. The van der Waals surface area contributed by atoms with Crippen LogP contribution >= 0.6 is 0 Å². The minimum absolute atomic E-state index is 0.633. The average Bonchev–Trinajstić information content (AvgIpc) is 3.15. The van der Waals surface area contributed by atoms with Crippen molar-refractivity contribution in [1.82, 2.24) is 15.1 Å². The fourth-order valence-electron chi connectivity index (χ4n) is 3.47. The zero-order valence-corrected chi connectivity index (χ0v) is 15.1. The number of aryl methyl sites for hydroxylation is 4. The zero-order valence-electron chi connectivity index (χ0n) is 15.1. The molecule has 5 heteroatoms. The van der Waals surface area contributed by atoms with E-state index in [1.807, 2.05) is 45.9 Å². The van der Waals surface area contributed by atoms with Gasteiger partial charge in [0.15, 0.2) is 0 Å². The highest BCUT2D eigenvalue weighted by Gasteiger charge is 2.17. The molecule has 5 nitrogen and oxygen atoms in total. The Balaban J connectivity index is 2.08. The Morgan fingerprint density at radius 1 is 1.04 bits per heavy atom. The average molecular weight is 342 g/mol. The lowest BCUT2D eigenvalue weighted by molar-refractivity contribution is 0.393. The summed E-state index contributed by atoms with van der Waals surface area (Å²) in [6.07, 6.45) is 0. The lowest BCUT2D eigenvalue weighted by atomic mass is 9.93. The van der Waals surface area contributed by atoms with Gasteiger partial charge < -0.3 is 9.51 Å². The SMILES string of the molecule is Cc1nc2c(-c3cc(C#N)ccc3C)cc(-c3c(C)noc3C)cc2[nH]1. The lowest BCUT2D eigenvalue weighted by Gasteiger charge is -2.10.